The van der Waals surface area contributed by atoms with Crippen molar-refractivity contribution < 1.29 is 39.8 Å². The van der Waals surface area contributed by atoms with Gasteiger partial charge in [0.15, 0.2) is 11.5 Å². The third kappa shape index (κ3) is 6.25. The molecule has 1 aliphatic heterocycles. The highest BCUT2D eigenvalue weighted by Gasteiger charge is 2.37. The first-order valence-corrected chi connectivity index (χ1v) is 11.5. The van der Waals surface area contributed by atoms with Gasteiger partial charge in [-0.05, 0) is 65.8 Å². The average molecular weight is 558 g/mol. The summed E-state index contributed by atoms with van der Waals surface area (Å²) in [6.45, 7) is -2.64. The molecule has 0 spiro atoms. The number of hydrogen-bond acceptors (Lipinski definition) is 4. The zero-order valence-electron chi connectivity index (χ0n) is 29.0. The molecule has 0 aromatic heterocycles. The number of hydrogen-bond donors (Lipinski definition) is 1. The zero-order valence-corrected chi connectivity index (χ0v) is 20.9. The molecular formula is C29H32ClF3N2O3. The van der Waals surface area contributed by atoms with E-state index in [0.717, 1.165) is 12.1 Å². The van der Waals surface area contributed by atoms with Gasteiger partial charge in [0, 0.05) is 23.7 Å². The monoisotopic (exact) mass is 557 g/mol. The third-order valence-electron chi connectivity index (χ3n) is 6.63. The molecule has 1 amide bonds. The van der Waals surface area contributed by atoms with Gasteiger partial charge in [0.25, 0.3) is 0 Å². The van der Waals surface area contributed by atoms with E-state index in [4.69, 9.17) is 21.8 Å². The van der Waals surface area contributed by atoms with Gasteiger partial charge in [-0.2, -0.15) is 13.2 Å². The summed E-state index contributed by atoms with van der Waals surface area (Å²) in [7, 11) is -5.92. The Morgan fingerprint density at radius 3 is 2.39 bits per heavy atom. The van der Waals surface area contributed by atoms with Gasteiger partial charge in [-0.15, -0.1) is 12.4 Å². The molecule has 3 aromatic rings. The molecule has 204 valence electrons. The van der Waals surface area contributed by atoms with Crippen molar-refractivity contribution in [1.29, 1.82) is 0 Å². The van der Waals surface area contributed by atoms with Gasteiger partial charge in [-0.3, -0.25) is 9.69 Å². The first-order chi connectivity index (χ1) is 21.2. The van der Waals surface area contributed by atoms with E-state index in [9.17, 15) is 18.0 Å². The molecule has 0 unspecified atom stereocenters. The molecule has 5 nitrogen and oxygen atoms in total. The maximum absolute atomic E-state index is 13.6. The van der Waals surface area contributed by atoms with Crippen LogP contribution in [0.4, 0.5) is 13.2 Å². The highest BCUT2D eigenvalue weighted by Crippen LogP contribution is 2.43. The number of aryl methyl sites for hydroxylation is 1. The number of amides is 1. The fourth-order valence-electron chi connectivity index (χ4n) is 4.88. The SMILES string of the molecule is Cl.[2H]C([2H])([2H])NC(=O)[C@@H](c1ccccc1)N1CCc2cc(OC([2H])([2H])[2H])c(OC([2H])([2H])[2H])cc2[C@@H]1CCc1ccc(C(F)(F)F)cc1. The first kappa shape index (κ1) is 18.9. The van der Waals surface area contributed by atoms with E-state index in [-0.39, 0.29) is 49.7 Å². The highest BCUT2D eigenvalue weighted by atomic mass is 35.5. The van der Waals surface area contributed by atoms with Crippen LogP contribution in [0.2, 0.25) is 0 Å². The molecule has 3 aromatic carbocycles. The van der Waals surface area contributed by atoms with Crippen LogP contribution in [-0.2, 0) is 23.8 Å². The van der Waals surface area contributed by atoms with Gasteiger partial charge in [-0.1, -0.05) is 42.5 Å². The van der Waals surface area contributed by atoms with Crippen molar-refractivity contribution in [1.82, 2.24) is 10.2 Å². The topological polar surface area (TPSA) is 50.8 Å². The Morgan fingerprint density at radius 1 is 1.08 bits per heavy atom. The van der Waals surface area contributed by atoms with E-state index in [1.165, 1.54) is 24.3 Å². The largest absolute Gasteiger partial charge is 0.493 e. The van der Waals surface area contributed by atoms with E-state index in [1.807, 2.05) is 0 Å². The number of rotatable bonds is 8. The molecule has 0 saturated heterocycles. The van der Waals surface area contributed by atoms with E-state index in [2.05, 4.69) is 5.32 Å². The quantitative estimate of drug-likeness (QED) is 0.360. The van der Waals surface area contributed by atoms with Crippen molar-refractivity contribution in [2.75, 3.05) is 27.6 Å². The smallest absolute Gasteiger partial charge is 0.416 e. The molecule has 0 aliphatic carbocycles. The van der Waals surface area contributed by atoms with Gasteiger partial charge in [0.1, 0.15) is 6.04 Å². The number of nitrogens with one attached hydrogen (secondary N) is 1. The third-order valence-corrected chi connectivity index (χ3v) is 6.63. The second-order valence-electron chi connectivity index (χ2n) is 8.74. The number of ether oxygens (including phenoxy) is 2. The molecule has 9 heteroatoms. The van der Waals surface area contributed by atoms with Crippen molar-refractivity contribution in [3.05, 3.63) is 94.5 Å². The van der Waals surface area contributed by atoms with Crippen molar-refractivity contribution in [2.45, 2.75) is 37.5 Å². The number of carbonyl (C=O) groups excluding carboxylic acids is 1. The fourth-order valence-corrected chi connectivity index (χ4v) is 4.88. The Balaban J connectivity index is 0.00000600. The number of nitrogens with zero attached hydrogens (tertiary/aromatic N) is 1. The summed E-state index contributed by atoms with van der Waals surface area (Å²) in [6, 6.07) is 13.8. The minimum Gasteiger partial charge on any atom is -0.493 e. The molecule has 1 N–H and O–H groups in total. The Labute approximate surface area is 240 Å². The summed E-state index contributed by atoms with van der Waals surface area (Å²) in [4.78, 5) is 15.3. The van der Waals surface area contributed by atoms with Crippen LogP contribution in [0, 0.1) is 0 Å². The highest BCUT2D eigenvalue weighted by molar-refractivity contribution is 5.85. The lowest BCUT2D eigenvalue weighted by molar-refractivity contribution is -0.137. The summed E-state index contributed by atoms with van der Waals surface area (Å²) >= 11 is 0. The van der Waals surface area contributed by atoms with Crippen molar-refractivity contribution in [3.8, 4) is 11.5 Å². The van der Waals surface area contributed by atoms with Gasteiger partial charge >= 0.3 is 6.18 Å². The maximum Gasteiger partial charge on any atom is 0.416 e. The van der Waals surface area contributed by atoms with E-state index < -0.39 is 50.8 Å². The lowest BCUT2D eigenvalue weighted by Crippen LogP contribution is -2.44. The molecule has 0 radical (unpaired) electrons. The van der Waals surface area contributed by atoms with Gasteiger partial charge in [0.05, 0.1) is 27.9 Å². The van der Waals surface area contributed by atoms with Gasteiger partial charge in [-0.25, -0.2) is 0 Å². The van der Waals surface area contributed by atoms with Crippen LogP contribution in [0.15, 0.2) is 66.7 Å². The molecule has 4 rings (SSSR count). The molecule has 0 fully saturated rings. The van der Waals surface area contributed by atoms with Gasteiger partial charge < -0.3 is 14.8 Å². The minimum absolute atomic E-state index is 0. The Hall–Kier alpha value is -3.23. The number of benzene rings is 3. The number of alkyl halides is 3. The number of halogens is 4. The molecule has 38 heavy (non-hydrogen) atoms. The summed E-state index contributed by atoms with van der Waals surface area (Å²) in [5.74, 6) is -1.54. The maximum atomic E-state index is 13.6. The predicted octanol–water partition coefficient (Wildman–Crippen LogP) is 6.16. The van der Waals surface area contributed by atoms with Crippen LogP contribution < -0.4 is 14.8 Å². The number of carbonyl (C=O) groups is 1. The molecule has 0 bridgehead atoms. The van der Waals surface area contributed by atoms with Crippen molar-refractivity contribution in [3.63, 3.8) is 0 Å². The summed E-state index contributed by atoms with van der Waals surface area (Å²) < 4.78 is 118. The van der Waals surface area contributed by atoms with Gasteiger partial charge in [0.2, 0.25) is 5.91 Å². The van der Waals surface area contributed by atoms with Crippen LogP contribution in [0.3, 0.4) is 0 Å². The van der Waals surface area contributed by atoms with E-state index in [0.29, 0.717) is 22.3 Å². The molecule has 0 saturated carbocycles. The Kier molecular flexibility index (Phi) is 6.25. The number of methoxy groups -OCH3 is 2. The average Bonchev–Trinajstić information content (AvgIpc) is 2.91. The van der Waals surface area contributed by atoms with Crippen molar-refractivity contribution in [2.24, 2.45) is 0 Å². The van der Waals surface area contributed by atoms with Crippen LogP contribution in [0.5, 0.6) is 11.5 Å². The van der Waals surface area contributed by atoms with Crippen LogP contribution in [0.25, 0.3) is 0 Å². The Morgan fingerprint density at radius 2 is 1.76 bits per heavy atom. The lowest BCUT2D eigenvalue weighted by Gasteiger charge is -2.42. The van der Waals surface area contributed by atoms with Crippen LogP contribution >= 0.6 is 12.4 Å². The van der Waals surface area contributed by atoms with Crippen LogP contribution in [0.1, 0.15) is 58.7 Å². The normalized spacial score (nSPS) is 20.6. The summed E-state index contributed by atoms with van der Waals surface area (Å²) in [5.41, 5.74) is 1.21. The Bertz CT molecular complexity index is 1520. The number of likely N-dealkylation sites (N-methyl/N-ethyl adjacent to an activating group) is 1. The van der Waals surface area contributed by atoms with Crippen molar-refractivity contribution >= 4 is 18.3 Å². The molecule has 1 aliphatic rings. The second-order valence-corrected chi connectivity index (χ2v) is 8.74. The molecular weight excluding hydrogens is 517 g/mol. The summed E-state index contributed by atoms with van der Waals surface area (Å²) in [5, 5.41) is 2.06. The number of fused-ring (bicyclic) bond motifs is 1. The standard InChI is InChI=1S/C29H31F3N2O3.ClH/c1-33-28(35)27(20-7-5-4-6-8-20)34-16-15-21-17-25(36-2)26(37-3)18-23(21)24(34)14-11-19-9-12-22(13-10-19)29(30,31)32;/h4-10,12-13,17-18,24,27H,11,14-16H2,1-3H3,(H,33,35);1H/t24-,27+;/m0./s1/i1D3,2D3,3D3;. The van der Waals surface area contributed by atoms with E-state index >= 15 is 0 Å². The summed E-state index contributed by atoms with van der Waals surface area (Å²) in [6.07, 6.45) is -3.90. The van der Waals surface area contributed by atoms with Crippen LogP contribution in [-0.4, -0.2) is 38.4 Å². The molecule has 1 heterocycles. The molecule has 2 atom stereocenters. The lowest BCUT2D eigenvalue weighted by atomic mass is 9.86. The zero-order chi connectivity index (χ0) is 34.1. The predicted molar refractivity (Wildman–Crippen MR) is 143 cm³/mol. The fraction of sp³-hybridized carbons (Fsp3) is 0.345. The second kappa shape index (κ2) is 12.5. The van der Waals surface area contributed by atoms with E-state index in [1.54, 1.807) is 35.2 Å². The minimum atomic E-state index is -4.52. The first-order valence-electron chi connectivity index (χ1n) is 16.0.